The van der Waals surface area contributed by atoms with Gasteiger partial charge in [0.15, 0.2) is 0 Å². The molecule has 3 heterocycles. The second-order valence-electron chi connectivity index (χ2n) is 5.32. The largest absolute Gasteiger partial charge is 0.339 e. The Kier molecular flexibility index (Phi) is 4.60. The van der Waals surface area contributed by atoms with Gasteiger partial charge in [-0.15, -0.1) is 5.10 Å². The van der Waals surface area contributed by atoms with Gasteiger partial charge in [0.25, 0.3) is 0 Å². The van der Waals surface area contributed by atoms with Gasteiger partial charge < -0.3 is 14.4 Å². The van der Waals surface area contributed by atoms with Crippen molar-refractivity contribution in [3.63, 3.8) is 0 Å². The lowest BCUT2D eigenvalue weighted by Gasteiger charge is -2.34. The van der Waals surface area contributed by atoms with Crippen molar-refractivity contribution in [3.05, 3.63) is 25.0 Å². The van der Waals surface area contributed by atoms with Crippen LogP contribution in [0.2, 0.25) is 0 Å². The van der Waals surface area contributed by atoms with Crippen molar-refractivity contribution in [2.75, 3.05) is 26.2 Å². The molecule has 2 aromatic heterocycles. The van der Waals surface area contributed by atoms with Crippen molar-refractivity contribution in [2.24, 2.45) is 0 Å². The van der Waals surface area contributed by atoms with Crippen molar-refractivity contribution in [2.45, 2.75) is 19.5 Å². The van der Waals surface area contributed by atoms with Crippen molar-refractivity contribution in [1.29, 1.82) is 0 Å². The Hall–Kier alpha value is -2.78. The first-order chi connectivity index (χ1) is 11.2. The molecule has 1 aliphatic heterocycles. The summed E-state index contributed by atoms with van der Waals surface area (Å²) < 4.78 is 3.27. The Morgan fingerprint density at radius 2 is 1.74 bits per heavy atom. The smallest absolute Gasteiger partial charge is 0.244 e. The first-order valence-corrected chi connectivity index (χ1v) is 7.44. The summed E-state index contributed by atoms with van der Waals surface area (Å²) in [4.78, 5) is 31.8. The Balaban J connectivity index is 1.42. The van der Waals surface area contributed by atoms with Gasteiger partial charge in [-0.05, 0) is 10.4 Å². The summed E-state index contributed by atoms with van der Waals surface area (Å²) in [6.07, 6.45) is 7.08. The summed E-state index contributed by atoms with van der Waals surface area (Å²) in [6.45, 7) is 2.95. The van der Waals surface area contributed by atoms with E-state index in [-0.39, 0.29) is 18.4 Å². The SMILES string of the molecule is O=C(CCn1ccnc1)N1CCN(C(=O)Cn2cnnn2)CC1. The molecule has 0 saturated carbocycles. The van der Waals surface area contributed by atoms with Crippen molar-refractivity contribution in [1.82, 2.24) is 39.6 Å². The number of aromatic nitrogens is 6. The Morgan fingerprint density at radius 1 is 1.00 bits per heavy atom. The van der Waals surface area contributed by atoms with Crippen LogP contribution in [0.1, 0.15) is 6.42 Å². The molecule has 0 bridgehead atoms. The van der Waals surface area contributed by atoms with Gasteiger partial charge in [-0.1, -0.05) is 0 Å². The molecule has 0 N–H and O–H groups in total. The number of aryl methyl sites for hydroxylation is 1. The van der Waals surface area contributed by atoms with Crippen LogP contribution in [0.4, 0.5) is 0 Å². The monoisotopic (exact) mass is 318 g/mol. The summed E-state index contributed by atoms with van der Waals surface area (Å²) in [6, 6.07) is 0. The fourth-order valence-corrected chi connectivity index (χ4v) is 2.50. The van der Waals surface area contributed by atoms with Crippen LogP contribution in [0.15, 0.2) is 25.0 Å². The van der Waals surface area contributed by atoms with Crippen molar-refractivity contribution < 1.29 is 9.59 Å². The normalized spacial score (nSPS) is 15.0. The number of hydrogen-bond donors (Lipinski definition) is 0. The van der Waals surface area contributed by atoms with Crippen LogP contribution in [-0.4, -0.2) is 77.6 Å². The predicted molar refractivity (Wildman–Crippen MR) is 77.8 cm³/mol. The van der Waals surface area contributed by atoms with Crippen molar-refractivity contribution >= 4 is 11.8 Å². The first-order valence-electron chi connectivity index (χ1n) is 7.44. The minimum atomic E-state index is -0.0391. The second-order valence-corrected chi connectivity index (χ2v) is 5.32. The van der Waals surface area contributed by atoms with Gasteiger partial charge in [-0.3, -0.25) is 9.59 Å². The molecular formula is C13H18N8O2. The molecule has 1 saturated heterocycles. The number of tetrazole rings is 1. The van der Waals surface area contributed by atoms with Crippen LogP contribution in [0.25, 0.3) is 0 Å². The van der Waals surface area contributed by atoms with Crippen LogP contribution >= 0.6 is 0 Å². The topological polar surface area (TPSA) is 102 Å². The number of carbonyl (C=O) groups excluding carboxylic acids is 2. The van der Waals surface area contributed by atoms with E-state index in [1.165, 1.54) is 11.0 Å². The van der Waals surface area contributed by atoms with Gasteiger partial charge in [-0.2, -0.15) is 0 Å². The maximum absolute atomic E-state index is 12.2. The van der Waals surface area contributed by atoms with E-state index in [0.717, 1.165) is 0 Å². The molecule has 10 nitrogen and oxygen atoms in total. The molecule has 122 valence electrons. The molecule has 0 radical (unpaired) electrons. The zero-order valence-corrected chi connectivity index (χ0v) is 12.7. The van der Waals surface area contributed by atoms with Gasteiger partial charge in [-0.25, -0.2) is 9.67 Å². The van der Waals surface area contributed by atoms with Crippen LogP contribution in [-0.2, 0) is 22.7 Å². The fraction of sp³-hybridized carbons (Fsp3) is 0.538. The lowest BCUT2D eigenvalue weighted by Crippen LogP contribution is -2.51. The quantitative estimate of drug-likeness (QED) is 0.674. The van der Waals surface area contributed by atoms with Crippen LogP contribution in [0, 0.1) is 0 Å². The maximum Gasteiger partial charge on any atom is 0.244 e. The van der Waals surface area contributed by atoms with Gasteiger partial charge in [0.05, 0.1) is 6.33 Å². The highest BCUT2D eigenvalue weighted by Gasteiger charge is 2.24. The molecule has 10 heteroatoms. The Labute approximate surface area is 132 Å². The summed E-state index contributed by atoms with van der Waals surface area (Å²) in [5, 5.41) is 10.7. The van der Waals surface area contributed by atoms with E-state index in [2.05, 4.69) is 20.5 Å². The van der Waals surface area contributed by atoms with E-state index in [0.29, 0.717) is 39.1 Å². The van der Waals surface area contributed by atoms with E-state index in [4.69, 9.17) is 0 Å². The highest BCUT2D eigenvalue weighted by Crippen LogP contribution is 2.06. The minimum absolute atomic E-state index is 0.0391. The molecular weight excluding hydrogens is 300 g/mol. The zero-order valence-electron chi connectivity index (χ0n) is 12.7. The summed E-state index contributed by atoms with van der Waals surface area (Å²) in [5.41, 5.74) is 0. The highest BCUT2D eigenvalue weighted by molar-refractivity contribution is 5.78. The van der Waals surface area contributed by atoms with Crippen molar-refractivity contribution in [3.8, 4) is 0 Å². The third-order valence-electron chi connectivity index (χ3n) is 3.82. The molecule has 3 rings (SSSR count). The van der Waals surface area contributed by atoms with E-state index < -0.39 is 0 Å². The zero-order chi connectivity index (χ0) is 16.1. The third-order valence-corrected chi connectivity index (χ3v) is 3.82. The molecule has 0 unspecified atom stereocenters. The number of nitrogens with zero attached hydrogens (tertiary/aromatic N) is 8. The predicted octanol–water partition coefficient (Wildman–Crippen LogP) is -1.37. The lowest BCUT2D eigenvalue weighted by atomic mass is 10.2. The Bertz CT molecular complexity index is 631. The molecule has 1 aliphatic rings. The number of rotatable bonds is 5. The average molecular weight is 318 g/mol. The van der Waals surface area contributed by atoms with E-state index >= 15 is 0 Å². The summed E-state index contributed by atoms with van der Waals surface area (Å²) in [7, 11) is 0. The van der Waals surface area contributed by atoms with E-state index in [1.54, 1.807) is 22.3 Å². The van der Waals surface area contributed by atoms with Crippen LogP contribution < -0.4 is 0 Å². The molecule has 0 aromatic carbocycles. The van der Waals surface area contributed by atoms with Gasteiger partial charge >= 0.3 is 0 Å². The molecule has 0 aliphatic carbocycles. The lowest BCUT2D eigenvalue weighted by molar-refractivity contribution is -0.140. The van der Waals surface area contributed by atoms with Gasteiger partial charge in [0, 0.05) is 51.5 Å². The second kappa shape index (κ2) is 6.99. The van der Waals surface area contributed by atoms with Crippen LogP contribution in [0.3, 0.4) is 0 Å². The van der Waals surface area contributed by atoms with E-state index in [1.807, 2.05) is 10.8 Å². The molecule has 0 atom stereocenters. The number of hydrogen-bond acceptors (Lipinski definition) is 6. The first kappa shape index (κ1) is 15.1. The van der Waals surface area contributed by atoms with Gasteiger partial charge in [0.2, 0.25) is 11.8 Å². The van der Waals surface area contributed by atoms with E-state index in [9.17, 15) is 9.59 Å². The summed E-state index contributed by atoms with van der Waals surface area (Å²) in [5.74, 6) is 0.0640. The summed E-state index contributed by atoms with van der Waals surface area (Å²) >= 11 is 0. The molecule has 1 fully saturated rings. The van der Waals surface area contributed by atoms with Crippen LogP contribution in [0.5, 0.6) is 0 Å². The molecule has 0 spiro atoms. The number of piperazine rings is 1. The number of amides is 2. The maximum atomic E-state index is 12.2. The molecule has 23 heavy (non-hydrogen) atoms. The van der Waals surface area contributed by atoms with Gasteiger partial charge in [0.1, 0.15) is 12.9 Å². The highest BCUT2D eigenvalue weighted by atomic mass is 16.2. The minimum Gasteiger partial charge on any atom is -0.339 e. The number of carbonyl (C=O) groups is 2. The Morgan fingerprint density at radius 3 is 2.35 bits per heavy atom. The third kappa shape index (κ3) is 3.90. The fourth-order valence-electron chi connectivity index (χ4n) is 2.50. The standard InChI is InChI=1S/C13H18N8O2/c22-12(1-3-18-4-2-14-10-18)19-5-7-20(8-6-19)13(23)9-21-11-15-16-17-21/h2,4,10-11H,1,3,5-9H2. The average Bonchev–Trinajstić information content (AvgIpc) is 3.26. The number of imidazole rings is 1. The molecule has 2 aromatic rings. The molecule has 2 amide bonds.